The first-order chi connectivity index (χ1) is 11.8. The van der Waals surface area contributed by atoms with Crippen molar-refractivity contribution in [1.82, 2.24) is 9.88 Å². The van der Waals surface area contributed by atoms with Crippen LogP contribution in [0.3, 0.4) is 0 Å². The van der Waals surface area contributed by atoms with Gasteiger partial charge in [0.05, 0.1) is 5.69 Å². The summed E-state index contributed by atoms with van der Waals surface area (Å²) in [6, 6.07) is 20.8. The van der Waals surface area contributed by atoms with Gasteiger partial charge in [-0.3, -0.25) is 4.90 Å². The van der Waals surface area contributed by atoms with Crippen molar-refractivity contribution in [2.24, 2.45) is 0 Å². The number of nitrogens with zero attached hydrogens (tertiary/aromatic N) is 1. The second kappa shape index (κ2) is 5.35. The summed E-state index contributed by atoms with van der Waals surface area (Å²) in [4.78, 5) is 6.24. The van der Waals surface area contributed by atoms with Crippen LogP contribution in [0.1, 0.15) is 24.8 Å². The first-order valence-electron chi connectivity index (χ1n) is 8.90. The molecule has 1 N–H and O–H groups in total. The molecule has 1 aromatic heterocycles. The Bertz CT molecular complexity index is 920. The van der Waals surface area contributed by atoms with E-state index in [0.717, 1.165) is 6.42 Å². The van der Waals surface area contributed by atoms with Gasteiger partial charge < -0.3 is 4.98 Å². The molecule has 2 atom stereocenters. The number of H-pyrrole nitrogens is 1. The summed E-state index contributed by atoms with van der Waals surface area (Å²) in [5, 5.41) is 1.35. The largest absolute Gasteiger partial charge is 0.354 e. The first kappa shape index (κ1) is 14.1. The van der Waals surface area contributed by atoms with Crippen LogP contribution in [0.5, 0.6) is 0 Å². The van der Waals surface area contributed by atoms with Crippen molar-refractivity contribution in [3.8, 4) is 11.3 Å². The van der Waals surface area contributed by atoms with E-state index in [4.69, 9.17) is 0 Å². The highest BCUT2D eigenvalue weighted by Gasteiger charge is 2.35. The predicted octanol–water partition coefficient (Wildman–Crippen LogP) is 5.08. The van der Waals surface area contributed by atoms with Crippen molar-refractivity contribution < 1.29 is 0 Å². The quantitative estimate of drug-likeness (QED) is 0.698. The number of aromatic nitrogens is 1. The molecule has 2 unspecified atom stereocenters. The fraction of sp³-hybridized carbons (Fsp3) is 0.273. The van der Waals surface area contributed by atoms with Crippen LogP contribution in [0.4, 0.5) is 0 Å². The summed E-state index contributed by atoms with van der Waals surface area (Å²) in [6.45, 7) is 0. The van der Waals surface area contributed by atoms with Gasteiger partial charge in [-0.25, -0.2) is 0 Å². The maximum absolute atomic E-state index is 3.68. The predicted molar refractivity (Wildman–Crippen MR) is 101 cm³/mol. The van der Waals surface area contributed by atoms with E-state index < -0.39 is 0 Å². The molecule has 1 fully saturated rings. The van der Waals surface area contributed by atoms with E-state index in [9.17, 15) is 0 Å². The molecule has 0 saturated carbocycles. The fourth-order valence-corrected chi connectivity index (χ4v) is 4.52. The minimum atomic E-state index is 0.607. The summed E-state index contributed by atoms with van der Waals surface area (Å²) < 4.78 is 0. The monoisotopic (exact) mass is 314 g/mol. The number of rotatable bonds is 2. The Balaban J connectivity index is 1.74. The molecule has 0 spiro atoms. The molecule has 2 aromatic carbocycles. The lowest BCUT2D eigenvalue weighted by Crippen LogP contribution is -2.34. The minimum absolute atomic E-state index is 0.607. The standard InChI is InChI=1S/C22H22N2/c1-24-17-11-12-18(24)14-16(13-17)21-19-9-5-6-10-20(19)23-22(21)15-7-3-2-4-8-15/h2-10,13,17-18,23H,11-12,14H2,1H3. The number of likely N-dealkylation sites (N-methyl/N-ethyl adjacent to an activating group) is 1. The Morgan fingerprint density at radius 2 is 1.75 bits per heavy atom. The summed E-state index contributed by atoms with van der Waals surface area (Å²) in [5.41, 5.74) is 6.72. The molecule has 2 aliphatic rings. The molecular weight excluding hydrogens is 292 g/mol. The van der Waals surface area contributed by atoms with Crippen molar-refractivity contribution in [3.05, 3.63) is 66.2 Å². The lowest BCUT2D eigenvalue weighted by atomic mass is 9.91. The van der Waals surface area contributed by atoms with Crippen molar-refractivity contribution in [1.29, 1.82) is 0 Å². The summed E-state index contributed by atoms with van der Waals surface area (Å²) in [5.74, 6) is 0. The molecule has 120 valence electrons. The molecule has 2 aliphatic heterocycles. The van der Waals surface area contributed by atoms with Gasteiger partial charge in [-0.15, -0.1) is 0 Å². The van der Waals surface area contributed by atoms with Crippen molar-refractivity contribution >= 4 is 16.5 Å². The zero-order valence-electron chi connectivity index (χ0n) is 14.0. The third-order valence-electron chi connectivity index (χ3n) is 5.83. The number of aromatic amines is 1. The van der Waals surface area contributed by atoms with Gasteiger partial charge >= 0.3 is 0 Å². The molecular formula is C22H22N2. The van der Waals surface area contributed by atoms with Crippen LogP contribution in [-0.4, -0.2) is 29.0 Å². The lowest BCUT2D eigenvalue weighted by Gasteiger charge is -2.30. The molecule has 24 heavy (non-hydrogen) atoms. The third kappa shape index (κ3) is 2.06. The molecule has 5 rings (SSSR count). The number of fused-ring (bicyclic) bond motifs is 3. The molecule has 1 saturated heterocycles. The van der Waals surface area contributed by atoms with Gasteiger partial charge in [0.1, 0.15) is 0 Å². The summed E-state index contributed by atoms with van der Waals surface area (Å²) in [6.07, 6.45) is 6.30. The first-order valence-corrected chi connectivity index (χ1v) is 8.90. The van der Waals surface area contributed by atoms with Crippen molar-refractivity contribution in [3.63, 3.8) is 0 Å². The van der Waals surface area contributed by atoms with Gasteiger partial charge in [-0.2, -0.15) is 0 Å². The van der Waals surface area contributed by atoms with Crippen LogP contribution in [0.25, 0.3) is 27.7 Å². The van der Waals surface area contributed by atoms with Gasteiger partial charge in [-0.05, 0) is 43.5 Å². The van der Waals surface area contributed by atoms with E-state index in [1.165, 1.54) is 46.1 Å². The zero-order chi connectivity index (χ0) is 16.1. The van der Waals surface area contributed by atoms with E-state index in [2.05, 4.69) is 77.6 Å². The Hall–Kier alpha value is -2.32. The highest BCUT2D eigenvalue weighted by Crippen LogP contribution is 2.43. The van der Waals surface area contributed by atoms with Gasteiger partial charge in [-0.1, -0.05) is 54.6 Å². The minimum Gasteiger partial charge on any atom is -0.354 e. The SMILES string of the molecule is CN1C2C=C(c3c(-c4ccccc4)[nH]c4ccccc34)CC1CC2. The maximum atomic E-state index is 3.68. The highest BCUT2D eigenvalue weighted by atomic mass is 15.2. The number of benzene rings is 2. The Labute approximate surface area is 142 Å². The average Bonchev–Trinajstić information content (AvgIpc) is 3.08. The molecule has 0 radical (unpaired) electrons. The van der Waals surface area contributed by atoms with Crippen LogP contribution >= 0.6 is 0 Å². The average molecular weight is 314 g/mol. The fourth-order valence-electron chi connectivity index (χ4n) is 4.52. The van der Waals surface area contributed by atoms with Crippen LogP contribution in [0.2, 0.25) is 0 Å². The van der Waals surface area contributed by atoms with E-state index in [1.807, 2.05) is 0 Å². The lowest BCUT2D eigenvalue weighted by molar-refractivity contribution is 0.264. The second-order valence-electron chi connectivity index (χ2n) is 7.15. The molecule has 2 heteroatoms. The molecule has 3 heterocycles. The van der Waals surface area contributed by atoms with Crippen molar-refractivity contribution in [2.45, 2.75) is 31.3 Å². The Kier molecular flexibility index (Phi) is 3.14. The van der Waals surface area contributed by atoms with Crippen LogP contribution in [0.15, 0.2) is 60.7 Å². The normalized spacial score (nSPS) is 23.6. The van der Waals surface area contributed by atoms with Crippen LogP contribution < -0.4 is 0 Å². The molecule has 2 bridgehead atoms. The number of para-hydroxylation sites is 1. The Morgan fingerprint density at radius 3 is 2.58 bits per heavy atom. The van der Waals surface area contributed by atoms with Gasteiger partial charge in [0.25, 0.3) is 0 Å². The van der Waals surface area contributed by atoms with E-state index in [1.54, 1.807) is 0 Å². The molecule has 2 nitrogen and oxygen atoms in total. The number of hydrogen-bond acceptors (Lipinski definition) is 1. The summed E-state index contributed by atoms with van der Waals surface area (Å²) in [7, 11) is 2.28. The Morgan fingerprint density at radius 1 is 0.958 bits per heavy atom. The molecule has 0 aliphatic carbocycles. The van der Waals surface area contributed by atoms with Gasteiger partial charge in [0.2, 0.25) is 0 Å². The van der Waals surface area contributed by atoms with Gasteiger partial charge in [0, 0.05) is 28.6 Å². The van der Waals surface area contributed by atoms with E-state index in [0.29, 0.717) is 12.1 Å². The van der Waals surface area contributed by atoms with Gasteiger partial charge in [0.15, 0.2) is 0 Å². The molecule has 3 aromatic rings. The third-order valence-corrected chi connectivity index (χ3v) is 5.83. The number of nitrogens with one attached hydrogen (secondary N) is 1. The second-order valence-corrected chi connectivity index (χ2v) is 7.15. The topological polar surface area (TPSA) is 19.0 Å². The van der Waals surface area contributed by atoms with Crippen molar-refractivity contribution in [2.75, 3.05) is 7.05 Å². The smallest absolute Gasteiger partial charge is 0.0541 e. The van der Waals surface area contributed by atoms with E-state index in [-0.39, 0.29) is 0 Å². The maximum Gasteiger partial charge on any atom is 0.0541 e. The zero-order valence-corrected chi connectivity index (χ0v) is 14.0. The number of hydrogen-bond donors (Lipinski definition) is 1. The molecule has 0 amide bonds. The summed E-state index contributed by atoms with van der Waals surface area (Å²) >= 11 is 0. The van der Waals surface area contributed by atoms with Crippen LogP contribution in [0, 0.1) is 0 Å². The van der Waals surface area contributed by atoms with E-state index >= 15 is 0 Å². The highest BCUT2D eigenvalue weighted by molar-refractivity contribution is 6.00. The van der Waals surface area contributed by atoms with Crippen LogP contribution in [-0.2, 0) is 0 Å².